The van der Waals surface area contributed by atoms with E-state index in [0.29, 0.717) is 17.6 Å². The number of aromatic carboxylic acids is 1. The maximum absolute atomic E-state index is 11.8. The lowest BCUT2D eigenvalue weighted by Gasteiger charge is -2.26. The lowest BCUT2D eigenvalue weighted by molar-refractivity contribution is -0.0590. The van der Waals surface area contributed by atoms with Crippen LogP contribution in [0.4, 0.5) is 0 Å². The lowest BCUT2D eigenvalue weighted by Crippen LogP contribution is -2.34. The van der Waals surface area contributed by atoms with E-state index in [1.54, 1.807) is 10.6 Å². The number of rotatable bonds is 3. The Morgan fingerprint density at radius 2 is 2.33 bits per heavy atom. The number of aromatic amines is 1. The predicted octanol–water partition coefficient (Wildman–Crippen LogP) is 0.817. The maximum atomic E-state index is 11.8. The molecule has 1 unspecified atom stereocenters. The van der Waals surface area contributed by atoms with E-state index in [1.165, 1.54) is 12.1 Å². The number of carboxylic acids is 1. The third kappa shape index (κ3) is 1.70. The van der Waals surface area contributed by atoms with Gasteiger partial charge >= 0.3 is 11.7 Å². The number of hydrogen-bond acceptors (Lipinski definition) is 3. The Labute approximate surface area is 102 Å². The molecular weight excluding hydrogens is 236 g/mol. The van der Waals surface area contributed by atoms with Crippen molar-refractivity contribution in [3.05, 3.63) is 34.2 Å². The first-order chi connectivity index (χ1) is 8.65. The number of nitrogens with one attached hydrogen (secondary N) is 1. The summed E-state index contributed by atoms with van der Waals surface area (Å²) >= 11 is 0. The number of nitrogens with zero attached hydrogens (tertiary/aromatic N) is 1. The van der Waals surface area contributed by atoms with Crippen molar-refractivity contribution in [1.82, 2.24) is 9.55 Å². The number of benzene rings is 1. The number of imidazole rings is 1. The Balaban J connectivity index is 2.06. The van der Waals surface area contributed by atoms with Gasteiger partial charge in [-0.3, -0.25) is 4.57 Å². The van der Waals surface area contributed by atoms with E-state index in [1.807, 2.05) is 0 Å². The minimum Gasteiger partial charge on any atom is -0.478 e. The number of aromatic nitrogens is 2. The highest BCUT2D eigenvalue weighted by molar-refractivity contribution is 5.92. The summed E-state index contributed by atoms with van der Waals surface area (Å²) in [7, 11) is 0. The Kier molecular flexibility index (Phi) is 2.45. The van der Waals surface area contributed by atoms with Crippen molar-refractivity contribution in [2.45, 2.75) is 19.1 Å². The lowest BCUT2D eigenvalue weighted by atomic mass is 10.1. The molecule has 1 aliphatic rings. The van der Waals surface area contributed by atoms with Crippen LogP contribution in [0.25, 0.3) is 11.0 Å². The summed E-state index contributed by atoms with van der Waals surface area (Å²) in [5, 5.41) is 8.89. The van der Waals surface area contributed by atoms with Gasteiger partial charge in [-0.1, -0.05) is 0 Å². The third-order valence-electron chi connectivity index (χ3n) is 3.20. The molecule has 0 saturated carbocycles. The second-order valence-electron chi connectivity index (χ2n) is 4.36. The van der Waals surface area contributed by atoms with Gasteiger partial charge in [-0.2, -0.15) is 0 Å². The zero-order valence-corrected chi connectivity index (χ0v) is 9.55. The molecule has 2 heterocycles. The number of H-pyrrole nitrogens is 1. The molecule has 1 aliphatic heterocycles. The number of carbonyl (C=O) groups is 1. The first-order valence-electron chi connectivity index (χ1n) is 5.72. The fourth-order valence-corrected chi connectivity index (χ4v) is 2.11. The molecule has 3 rings (SSSR count). The standard InChI is InChI=1S/C12H12N2O4/c15-11(16)7-1-2-10-9(5-7)13-12(17)14(10)6-8-3-4-18-8/h1-2,5,8H,3-4,6H2,(H,13,17)(H,15,16). The molecule has 94 valence electrons. The molecule has 1 aromatic heterocycles. The molecule has 2 aromatic rings. The molecule has 1 atom stereocenters. The summed E-state index contributed by atoms with van der Waals surface area (Å²) in [5.41, 5.74) is 1.18. The monoisotopic (exact) mass is 248 g/mol. The van der Waals surface area contributed by atoms with Crippen molar-refractivity contribution in [1.29, 1.82) is 0 Å². The summed E-state index contributed by atoms with van der Waals surface area (Å²) in [6.07, 6.45) is 1.03. The average molecular weight is 248 g/mol. The number of fused-ring (bicyclic) bond motifs is 1. The molecule has 0 aliphatic carbocycles. The van der Waals surface area contributed by atoms with Gasteiger partial charge in [0.25, 0.3) is 0 Å². The highest BCUT2D eigenvalue weighted by atomic mass is 16.5. The smallest absolute Gasteiger partial charge is 0.335 e. The number of carboxylic acid groups (broad SMARTS) is 1. The molecule has 1 fully saturated rings. The van der Waals surface area contributed by atoms with E-state index >= 15 is 0 Å². The average Bonchev–Trinajstić information content (AvgIpc) is 2.58. The molecule has 0 spiro atoms. The van der Waals surface area contributed by atoms with Crippen molar-refractivity contribution < 1.29 is 14.6 Å². The number of hydrogen-bond donors (Lipinski definition) is 2. The van der Waals surface area contributed by atoms with Crippen molar-refractivity contribution in [3.63, 3.8) is 0 Å². The fraction of sp³-hybridized carbons (Fsp3) is 0.333. The van der Waals surface area contributed by atoms with Crippen LogP contribution >= 0.6 is 0 Å². The van der Waals surface area contributed by atoms with E-state index in [9.17, 15) is 9.59 Å². The van der Waals surface area contributed by atoms with Crippen LogP contribution in [0.3, 0.4) is 0 Å². The quantitative estimate of drug-likeness (QED) is 0.842. The van der Waals surface area contributed by atoms with E-state index in [2.05, 4.69) is 4.98 Å². The van der Waals surface area contributed by atoms with Crippen LogP contribution in [0, 0.1) is 0 Å². The van der Waals surface area contributed by atoms with E-state index in [4.69, 9.17) is 9.84 Å². The minimum absolute atomic E-state index is 0.0841. The molecule has 1 aromatic carbocycles. The second-order valence-corrected chi connectivity index (χ2v) is 4.36. The molecule has 0 radical (unpaired) electrons. The van der Waals surface area contributed by atoms with Crippen LogP contribution in [0.15, 0.2) is 23.0 Å². The van der Waals surface area contributed by atoms with Crippen molar-refractivity contribution in [2.75, 3.05) is 6.61 Å². The predicted molar refractivity (Wildman–Crippen MR) is 63.9 cm³/mol. The van der Waals surface area contributed by atoms with Crippen molar-refractivity contribution >= 4 is 17.0 Å². The molecule has 2 N–H and O–H groups in total. The van der Waals surface area contributed by atoms with Crippen LogP contribution in [0.5, 0.6) is 0 Å². The van der Waals surface area contributed by atoms with Gasteiger partial charge in [0, 0.05) is 6.61 Å². The SMILES string of the molecule is O=C(O)c1ccc2c(c1)[nH]c(=O)n2CC1CCO1. The normalized spacial score (nSPS) is 18.8. The summed E-state index contributed by atoms with van der Waals surface area (Å²) in [5.74, 6) is -1.01. The third-order valence-corrected chi connectivity index (χ3v) is 3.20. The highest BCUT2D eigenvalue weighted by Gasteiger charge is 2.20. The summed E-state index contributed by atoms with van der Waals surface area (Å²) in [6, 6.07) is 4.61. The van der Waals surface area contributed by atoms with Gasteiger partial charge in [-0.05, 0) is 24.6 Å². The van der Waals surface area contributed by atoms with Gasteiger partial charge in [0.2, 0.25) is 0 Å². The Bertz CT molecular complexity index is 666. The van der Waals surface area contributed by atoms with Crippen LogP contribution < -0.4 is 5.69 Å². The minimum atomic E-state index is -1.01. The zero-order chi connectivity index (χ0) is 12.7. The van der Waals surface area contributed by atoms with E-state index in [0.717, 1.165) is 13.0 Å². The topological polar surface area (TPSA) is 84.3 Å². The van der Waals surface area contributed by atoms with Gasteiger partial charge < -0.3 is 14.8 Å². The van der Waals surface area contributed by atoms with Gasteiger partial charge in [-0.25, -0.2) is 9.59 Å². The highest BCUT2D eigenvalue weighted by Crippen LogP contribution is 2.17. The van der Waals surface area contributed by atoms with Crippen LogP contribution in [0.1, 0.15) is 16.8 Å². The molecule has 6 heteroatoms. The Morgan fingerprint density at radius 1 is 1.56 bits per heavy atom. The van der Waals surface area contributed by atoms with Gasteiger partial charge in [0.05, 0.1) is 29.2 Å². The molecule has 6 nitrogen and oxygen atoms in total. The molecule has 0 amide bonds. The van der Waals surface area contributed by atoms with Crippen LogP contribution in [-0.2, 0) is 11.3 Å². The maximum Gasteiger partial charge on any atom is 0.335 e. The first kappa shape index (κ1) is 11.0. The molecule has 1 saturated heterocycles. The van der Waals surface area contributed by atoms with Crippen LogP contribution in [0.2, 0.25) is 0 Å². The Morgan fingerprint density at radius 3 is 2.94 bits per heavy atom. The fourth-order valence-electron chi connectivity index (χ4n) is 2.11. The first-order valence-corrected chi connectivity index (χ1v) is 5.72. The molecular formula is C12H12N2O4. The van der Waals surface area contributed by atoms with Crippen molar-refractivity contribution in [3.8, 4) is 0 Å². The van der Waals surface area contributed by atoms with Gasteiger partial charge in [0.15, 0.2) is 0 Å². The van der Waals surface area contributed by atoms with E-state index in [-0.39, 0.29) is 17.4 Å². The largest absolute Gasteiger partial charge is 0.478 e. The van der Waals surface area contributed by atoms with E-state index < -0.39 is 5.97 Å². The number of ether oxygens (including phenoxy) is 1. The van der Waals surface area contributed by atoms with Gasteiger partial charge in [0.1, 0.15) is 0 Å². The molecule has 0 bridgehead atoms. The Hall–Kier alpha value is -2.08. The van der Waals surface area contributed by atoms with Crippen molar-refractivity contribution in [2.24, 2.45) is 0 Å². The zero-order valence-electron chi connectivity index (χ0n) is 9.55. The summed E-state index contributed by atoms with van der Waals surface area (Å²) in [4.78, 5) is 25.3. The van der Waals surface area contributed by atoms with Crippen LogP contribution in [-0.4, -0.2) is 33.3 Å². The summed E-state index contributed by atoms with van der Waals surface area (Å²) < 4.78 is 6.89. The summed E-state index contributed by atoms with van der Waals surface area (Å²) in [6.45, 7) is 1.25. The van der Waals surface area contributed by atoms with Gasteiger partial charge in [-0.15, -0.1) is 0 Å². The molecule has 18 heavy (non-hydrogen) atoms. The second kappa shape index (κ2) is 3.99.